The topological polar surface area (TPSA) is 71.7 Å². The fraction of sp³-hybridized carbons (Fsp3) is 0.261. The van der Waals surface area contributed by atoms with E-state index in [-0.39, 0.29) is 5.91 Å². The van der Waals surface area contributed by atoms with Gasteiger partial charge in [0.05, 0.1) is 16.9 Å². The molecule has 7 nitrogen and oxygen atoms in total. The highest BCUT2D eigenvalue weighted by atomic mass is 127. The van der Waals surface area contributed by atoms with Crippen LogP contribution >= 0.6 is 22.6 Å². The number of amides is 1. The molecule has 0 fully saturated rings. The van der Waals surface area contributed by atoms with E-state index in [2.05, 4.69) is 73.4 Å². The molecule has 0 aliphatic carbocycles. The number of carbonyl (C=O) groups excluding carboxylic acids is 1. The van der Waals surface area contributed by atoms with Crippen LogP contribution in [-0.4, -0.2) is 35.6 Å². The number of methoxy groups -OCH3 is 1. The average molecular weight is 529 g/mol. The molecule has 1 amide bonds. The molecule has 4 rings (SSSR count). The number of halogens is 1. The maximum Gasteiger partial charge on any atom is 0.292 e. The van der Waals surface area contributed by atoms with E-state index in [1.54, 1.807) is 31.3 Å². The first kappa shape index (κ1) is 21.4. The van der Waals surface area contributed by atoms with Crippen LogP contribution in [0.15, 0.2) is 53.8 Å². The number of nitrogens with zero attached hydrogens (tertiary/aromatic N) is 4. The van der Waals surface area contributed by atoms with E-state index < -0.39 is 0 Å². The van der Waals surface area contributed by atoms with Gasteiger partial charge in [-0.2, -0.15) is 10.2 Å². The van der Waals surface area contributed by atoms with Gasteiger partial charge in [0, 0.05) is 37.6 Å². The molecule has 31 heavy (non-hydrogen) atoms. The Labute approximate surface area is 195 Å². The van der Waals surface area contributed by atoms with Crippen LogP contribution in [0.3, 0.4) is 0 Å². The lowest BCUT2D eigenvalue weighted by Crippen LogP contribution is -2.29. The molecular weight excluding hydrogens is 505 g/mol. The number of aromatic nitrogens is 2. The fourth-order valence-electron chi connectivity index (χ4n) is 3.82. The van der Waals surface area contributed by atoms with Crippen LogP contribution < -0.4 is 15.1 Å². The van der Waals surface area contributed by atoms with E-state index in [1.807, 2.05) is 12.1 Å². The second-order valence-corrected chi connectivity index (χ2v) is 8.59. The largest absolute Gasteiger partial charge is 0.496 e. The molecule has 0 bridgehead atoms. The molecule has 0 spiro atoms. The lowest BCUT2D eigenvalue weighted by Gasteiger charge is -2.31. The van der Waals surface area contributed by atoms with Gasteiger partial charge in [0.1, 0.15) is 5.75 Å². The van der Waals surface area contributed by atoms with E-state index in [0.29, 0.717) is 5.69 Å². The molecule has 2 aromatic carbocycles. The quantitative estimate of drug-likeness (QED) is 0.300. The first-order valence-corrected chi connectivity index (χ1v) is 11.2. The summed E-state index contributed by atoms with van der Waals surface area (Å²) in [4.78, 5) is 14.7. The Hall–Kier alpha value is -2.88. The third kappa shape index (κ3) is 4.90. The van der Waals surface area contributed by atoms with Crippen molar-refractivity contribution in [2.75, 3.05) is 18.6 Å². The summed E-state index contributed by atoms with van der Waals surface area (Å²) in [6, 6.07) is 14.5. The second kappa shape index (κ2) is 9.51. The van der Waals surface area contributed by atoms with E-state index in [9.17, 15) is 4.79 Å². The molecule has 1 N–H and O–H groups in total. The Balaban J connectivity index is 1.50. The molecule has 0 saturated heterocycles. The molecule has 0 unspecified atom stereocenters. The van der Waals surface area contributed by atoms with Crippen LogP contribution in [0.4, 0.5) is 5.69 Å². The molecule has 1 aliphatic rings. The van der Waals surface area contributed by atoms with Gasteiger partial charge in [-0.25, -0.2) is 5.43 Å². The van der Waals surface area contributed by atoms with Gasteiger partial charge in [0.15, 0.2) is 5.69 Å². The smallest absolute Gasteiger partial charge is 0.292 e. The predicted molar refractivity (Wildman–Crippen MR) is 130 cm³/mol. The predicted octanol–water partition coefficient (Wildman–Crippen LogP) is 3.75. The van der Waals surface area contributed by atoms with Crippen molar-refractivity contribution in [2.24, 2.45) is 12.1 Å². The van der Waals surface area contributed by atoms with E-state index in [4.69, 9.17) is 4.74 Å². The summed E-state index contributed by atoms with van der Waals surface area (Å²) in [7, 11) is 3.47. The van der Waals surface area contributed by atoms with Crippen LogP contribution in [0.5, 0.6) is 5.75 Å². The molecule has 1 aromatic heterocycles. The molecule has 2 heterocycles. The standard InChI is InChI=1S/C23H24IN5O2/c1-28-15-19(24)22(27-28)23(30)26-25-13-16-9-10-21(31-2)18(12-16)14-29-11-5-7-17-6-3-4-8-20(17)29/h3-4,6,8-10,12-13,15H,5,7,11,14H2,1-2H3,(H,26,30)/b25-13+. The molecule has 3 aromatic rings. The van der Waals surface area contributed by atoms with Crippen LogP contribution in [0.25, 0.3) is 0 Å². The van der Waals surface area contributed by atoms with Crippen molar-refractivity contribution in [1.82, 2.24) is 15.2 Å². The number of benzene rings is 2. The van der Waals surface area contributed by atoms with Crippen molar-refractivity contribution in [3.63, 3.8) is 0 Å². The Morgan fingerprint density at radius 1 is 1.32 bits per heavy atom. The Kier molecular flexibility index (Phi) is 6.55. The molecule has 0 atom stereocenters. The molecule has 0 saturated carbocycles. The van der Waals surface area contributed by atoms with Gasteiger partial charge in [-0.15, -0.1) is 0 Å². The van der Waals surface area contributed by atoms with E-state index >= 15 is 0 Å². The van der Waals surface area contributed by atoms with Gasteiger partial charge in [0.2, 0.25) is 0 Å². The molecular formula is C23H24IN5O2. The zero-order valence-electron chi connectivity index (χ0n) is 17.5. The highest BCUT2D eigenvalue weighted by molar-refractivity contribution is 14.1. The molecule has 0 radical (unpaired) electrons. The van der Waals surface area contributed by atoms with Crippen LogP contribution in [0.1, 0.15) is 33.6 Å². The van der Waals surface area contributed by atoms with Gasteiger partial charge >= 0.3 is 0 Å². The average Bonchev–Trinajstić information content (AvgIpc) is 3.12. The Morgan fingerprint density at radius 2 is 2.16 bits per heavy atom. The van der Waals surface area contributed by atoms with E-state index in [1.165, 1.54) is 11.3 Å². The minimum Gasteiger partial charge on any atom is -0.496 e. The van der Waals surface area contributed by atoms with Crippen molar-refractivity contribution < 1.29 is 9.53 Å². The molecule has 1 aliphatic heterocycles. The number of para-hydroxylation sites is 1. The highest BCUT2D eigenvalue weighted by Crippen LogP contribution is 2.30. The van der Waals surface area contributed by atoms with Gasteiger partial charge < -0.3 is 9.64 Å². The zero-order valence-corrected chi connectivity index (χ0v) is 19.7. The number of aryl methyl sites for hydroxylation is 2. The van der Waals surface area contributed by atoms with E-state index in [0.717, 1.165) is 46.4 Å². The van der Waals surface area contributed by atoms with Crippen molar-refractivity contribution in [2.45, 2.75) is 19.4 Å². The van der Waals surface area contributed by atoms with Gasteiger partial charge in [0.25, 0.3) is 5.91 Å². The number of ether oxygens (including phenoxy) is 1. The third-order valence-corrected chi connectivity index (χ3v) is 6.04. The van der Waals surface area contributed by atoms with Crippen LogP contribution in [0.2, 0.25) is 0 Å². The lowest BCUT2D eigenvalue weighted by atomic mass is 10.0. The summed E-state index contributed by atoms with van der Waals surface area (Å²) < 4.78 is 7.98. The number of anilines is 1. The van der Waals surface area contributed by atoms with Crippen LogP contribution in [-0.2, 0) is 20.0 Å². The maximum atomic E-state index is 12.3. The summed E-state index contributed by atoms with van der Waals surface area (Å²) in [5.41, 5.74) is 7.55. The van der Waals surface area contributed by atoms with Gasteiger partial charge in [-0.05, 0) is 70.8 Å². The van der Waals surface area contributed by atoms with Crippen molar-refractivity contribution in [3.8, 4) is 5.75 Å². The number of rotatable bonds is 6. The number of hydrogen-bond donors (Lipinski definition) is 1. The van der Waals surface area contributed by atoms with Gasteiger partial charge in [-0.3, -0.25) is 9.48 Å². The number of fused-ring (bicyclic) bond motifs is 1. The van der Waals surface area contributed by atoms with Crippen molar-refractivity contribution in [3.05, 3.63) is 74.6 Å². The minimum atomic E-state index is -0.333. The maximum absolute atomic E-state index is 12.3. The number of nitrogens with one attached hydrogen (secondary N) is 1. The summed E-state index contributed by atoms with van der Waals surface area (Å²) >= 11 is 2.08. The number of carbonyl (C=O) groups is 1. The van der Waals surface area contributed by atoms with Crippen molar-refractivity contribution in [1.29, 1.82) is 0 Å². The summed E-state index contributed by atoms with van der Waals surface area (Å²) in [6.07, 6.45) is 5.68. The first-order chi connectivity index (χ1) is 15.0. The minimum absolute atomic E-state index is 0.333. The SMILES string of the molecule is COc1ccc(/C=N/NC(=O)c2nn(C)cc2I)cc1CN1CCCc2ccccc21. The molecule has 160 valence electrons. The zero-order chi connectivity index (χ0) is 21.8. The van der Waals surface area contributed by atoms with Gasteiger partial charge in [-0.1, -0.05) is 18.2 Å². The first-order valence-electron chi connectivity index (χ1n) is 10.1. The lowest BCUT2D eigenvalue weighted by molar-refractivity contribution is 0.0948. The highest BCUT2D eigenvalue weighted by Gasteiger charge is 2.18. The Morgan fingerprint density at radius 3 is 2.94 bits per heavy atom. The summed E-state index contributed by atoms with van der Waals surface area (Å²) in [5, 5.41) is 8.27. The normalized spacial score (nSPS) is 13.3. The Bertz CT molecular complexity index is 1120. The molecule has 8 heteroatoms. The monoisotopic (exact) mass is 529 g/mol. The summed E-state index contributed by atoms with van der Waals surface area (Å²) in [5.74, 6) is 0.507. The summed E-state index contributed by atoms with van der Waals surface area (Å²) in [6.45, 7) is 1.76. The van der Waals surface area contributed by atoms with Crippen molar-refractivity contribution >= 4 is 40.4 Å². The third-order valence-electron chi connectivity index (χ3n) is 5.25. The van der Waals surface area contributed by atoms with Crippen LogP contribution in [0, 0.1) is 3.57 Å². The second-order valence-electron chi connectivity index (χ2n) is 7.42. The number of hydrogen-bond acceptors (Lipinski definition) is 5. The number of hydrazone groups is 1. The fourth-order valence-corrected chi connectivity index (χ4v) is 4.57.